The predicted octanol–water partition coefficient (Wildman–Crippen LogP) is 1.42. The summed E-state index contributed by atoms with van der Waals surface area (Å²) in [5, 5.41) is 12.7. The number of rotatable bonds is 9. The van der Waals surface area contributed by atoms with Gasteiger partial charge in [-0.1, -0.05) is 13.8 Å². The van der Waals surface area contributed by atoms with Gasteiger partial charge in [-0.25, -0.2) is 0 Å². The molecule has 0 radical (unpaired) electrons. The second-order valence-corrected chi connectivity index (χ2v) is 5.45. The lowest BCUT2D eigenvalue weighted by molar-refractivity contribution is -0.144. The lowest BCUT2D eigenvalue weighted by Gasteiger charge is -2.20. The molecule has 3 unspecified atom stereocenters. The van der Waals surface area contributed by atoms with Crippen LogP contribution in [0.1, 0.15) is 34.1 Å². The van der Waals surface area contributed by atoms with Gasteiger partial charge in [0, 0.05) is 11.0 Å². The average molecular weight is 263 g/mol. The number of aliphatic hydroxyl groups excluding tert-OH is 1. The molecule has 4 nitrogen and oxygen atoms in total. The summed E-state index contributed by atoms with van der Waals surface area (Å²) in [5.41, 5.74) is 0. The van der Waals surface area contributed by atoms with Gasteiger partial charge in [-0.05, 0) is 26.8 Å². The minimum atomic E-state index is -0.367. The maximum absolute atomic E-state index is 11.7. The van der Waals surface area contributed by atoms with Crippen molar-refractivity contribution >= 4 is 17.7 Å². The van der Waals surface area contributed by atoms with Gasteiger partial charge in [0.25, 0.3) is 0 Å². The SMILES string of the molecule is CCCNC(CSC(C)C(C)O)C(=O)OCC. The summed E-state index contributed by atoms with van der Waals surface area (Å²) in [5.74, 6) is 0.427. The molecule has 0 saturated heterocycles. The third-order valence-corrected chi connectivity index (χ3v) is 3.86. The molecular weight excluding hydrogens is 238 g/mol. The van der Waals surface area contributed by atoms with Gasteiger partial charge in [-0.3, -0.25) is 4.79 Å². The van der Waals surface area contributed by atoms with Crippen LogP contribution in [0.5, 0.6) is 0 Å². The number of aliphatic hydroxyl groups is 1. The fourth-order valence-corrected chi connectivity index (χ4v) is 2.19. The molecule has 0 fully saturated rings. The smallest absolute Gasteiger partial charge is 0.323 e. The molecule has 3 atom stereocenters. The van der Waals surface area contributed by atoms with Crippen LogP contribution in [0.4, 0.5) is 0 Å². The maximum atomic E-state index is 11.7. The maximum Gasteiger partial charge on any atom is 0.323 e. The molecule has 0 aliphatic carbocycles. The number of carbonyl (C=O) groups excluding carboxylic acids is 1. The molecule has 2 N–H and O–H groups in total. The van der Waals surface area contributed by atoms with Gasteiger partial charge < -0.3 is 15.2 Å². The Kier molecular flexibility index (Phi) is 9.59. The largest absolute Gasteiger partial charge is 0.465 e. The van der Waals surface area contributed by atoms with Crippen LogP contribution in [0.25, 0.3) is 0 Å². The van der Waals surface area contributed by atoms with E-state index in [0.717, 1.165) is 13.0 Å². The van der Waals surface area contributed by atoms with Crippen molar-refractivity contribution in [2.45, 2.75) is 51.5 Å². The van der Waals surface area contributed by atoms with Crippen LogP contribution >= 0.6 is 11.8 Å². The molecule has 0 rings (SSSR count). The molecule has 0 aliphatic heterocycles. The van der Waals surface area contributed by atoms with E-state index in [0.29, 0.717) is 12.4 Å². The first kappa shape index (κ1) is 16.7. The summed E-state index contributed by atoms with van der Waals surface area (Å²) in [6.45, 7) is 8.78. The highest BCUT2D eigenvalue weighted by Crippen LogP contribution is 2.15. The Morgan fingerprint density at radius 3 is 2.53 bits per heavy atom. The van der Waals surface area contributed by atoms with Gasteiger partial charge in [-0.2, -0.15) is 11.8 Å². The summed E-state index contributed by atoms with van der Waals surface area (Å²) < 4.78 is 5.02. The average Bonchev–Trinajstić information content (AvgIpc) is 2.28. The van der Waals surface area contributed by atoms with E-state index in [-0.39, 0.29) is 23.4 Å². The Balaban J connectivity index is 4.13. The lowest BCUT2D eigenvalue weighted by atomic mass is 10.3. The monoisotopic (exact) mass is 263 g/mol. The highest BCUT2D eigenvalue weighted by atomic mass is 32.2. The summed E-state index contributed by atoms with van der Waals surface area (Å²) in [4.78, 5) is 11.7. The van der Waals surface area contributed by atoms with Crippen molar-refractivity contribution in [3.63, 3.8) is 0 Å². The molecule has 0 spiro atoms. The fraction of sp³-hybridized carbons (Fsp3) is 0.917. The summed E-state index contributed by atoms with van der Waals surface area (Å²) in [7, 11) is 0. The Bertz CT molecular complexity index is 212. The first-order valence-corrected chi connectivity index (χ1v) is 7.27. The number of thioether (sulfide) groups is 1. The number of nitrogens with one attached hydrogen (secondary N) is 1. The second kappa shape index (κ2) is 9.74. The molecule has 0 heterocycles. The lowest BCUT2D eigenvalue weighted by Crippen LogP contribution is -2.41. The van der Waals surface area contributed by atoms with Gasteiger partial charge in [0.2, 0.25) is 0 Å². The van der Waals surface area contributed by atoms with Crippen LogP contribution in [-0.4, -0.2) is 47.4 Å². The topological polar surface area (TPSA) is 58.6 Å². The van der Waals surface area contributed by atoms with Crippen LogP contribution in [0.15, 0.2) is 0 Å². The Morgan fingerprint density at radius 2 is 2.06 bits per heavy atom. The standard InChI is InChI=1S/C12H25NO3S/c1-5-7-13-11(12(15)16-6-2)8-17-10(4)9(3)14/h9-11,13-14H,5-8H2,1-4H3. The molecule has 0 aromatic carbocycles. The molecule has 0 aliphatic rings. The van der Waals surface area contributed by atoms with Crippen molar-refractivity contribution in [1.29, 1.82) is 0 Å². The van der Waals surface area contributed by atoms with Crippen LogP contribution in [-0.2, 0) is 9.53 Å². The zero-order valence-electron chi connectivity index (χ0n) is 11.2. The number of esters is 1. The number of carbonyl (C=O) groups is 1. The number of ether oxygens (including phenoxy) is 1. The zero-order chi connectivity index (χ0) is 13.3. The highest BCUT2D eigenvalue weighted by Gasteiger charge is 2.21. The van der Waals surface area contributed by atoms with Crippen molar-refractivity contribution < 1.29 is 14.6 Å². The summed E-state index contributed by atoms with van der Waals surface area (Å²) >= 11 is 1.58. The molecule has 0 aromatic rings. The van der Waals surface area contributed by atoms with E-state index in [2.05, 4.69) is 12.2 Å². The van der Waals surface area contributed by atoms with Gasteiger partial charge in [0.1, 0.15) is 6.04 Å². The van der Waals surface area contributed by atoms with Crippen LogP contribution in [0.2, 0.25) is 0 Å². The highest BCUT2D eigenvalue weighted by molar-refractivity contribution is 8.00. The zero-order valence-corrected chi connectivity index (χ0v) is 12.0. The molecular formula is C12H25NO3S. The minimum absolute atomic E-state index is 0.121. The van der Waals surface area contributed by atoms with Crippen molar-refractivity contribution in [3.8, 4) is 0 Å². The van der Waals surface area contributed by atoms with E-state index in [9.17, 15) is 9.90 Å². The normalized spacial score (nSPS) is 16.3. The summed E-state index contributed by atoms with van der Waals surface area (Å²) in [6, 6.07) is -0.277. The number of hydrogen-bond donors (Lipinski definition) is 2. The van der Waals surface area contributed by atoms with E-state index in [1.54, 1.807) is 25.6 Å². The first-order chi connectivity index (χ1) is 8.02. The van der Waals surface area contributed by atoms with Crippen molar-refractivity contribution in [1.82, 2.24) is 5.32 Å². The van der Waals surface area contributed by atoms with Crippen LogP contribution in [0, 0.1) is 0 Å². The molecule has 5 heteroatoms. The quantitative estimate of drug-likeness (QED) is 0.616. The van der Waals surface area contributed by atoms with E-state index in [4.69, 9.17) is 4.74 Å². The number of hydrogen-bond acceptors (Lipinski definition) is 5. The van der Waals surface area contributed by atoms with E-state index in [1.807, 2.05) is 6.92 Å². The van der Waals surface area contributed by atoms with E-state index in [1.165, 1.54) is 0 Å². The van der Waals surface area contributed by atoms with Gasteiger partial charge in [0.15, 0.2) is 0 Å². The Labute approximate surface area is 108 Å². The first-order valence-electron chi connectivity index (χ1n) is 6.22. The molecule has 0 amide bonds. The molecule has 17 heavy (non-hydrogen) atoms. The third kappa shape index (κ3) is 7.63. The molecule has 0 aromatic heterocycles. The summed E-state index contributed by atoms with van der Waals surface area (Å²) in [6.07, 6.45) is 0.612. The van der Waals surface area contributed by atoms with Crippen LogP contribution in [0.3, 0.4) is 0 Å². The third-order valence-electron chi connectivity index (χ3n) is 2.42. The van der Waals surface area contributed by atoms with Crippen LogP contribution < -0.4 is 5.32 Å². The van der Waals surface area contributed by atoms with Gasteiger partial charge >= 0.3 is 5.97 Å². The molecule has 0 saturated carbocycles. The minimum Gasteiger partial charge on any atom is -0.465 e. The van der Waals surface area contributed by atoms with Crippen molar-refractivity contribution in [2.24, 2.45) is 0 Å². The van der Waals surface area contributed by atoms with E-state index >= 15 is 0 Å². The Hall–Kier alpha value is -0.260. The van der Waals surface area contributed by atoms with Crippen molar-refractivity contribution in [2.75, 3.05) is 18.9 Å². The van der Waals surface area contributed by atoms with E-state index < -0.39 is 0 Å². The molecule has 0 bridgehead atoms. The van der Waals surface area contributed by atoms with Crippen molar-refractivity contribution in [3.05, 3.63) is 0 Å². The Morgan fingerprint density at radius 1 is 1.41 bits per heavy atom. The predicted molar refractivity (Wildman–Crippen MR) is 72.3 cm³/mol. The molecule has 102 valence electrons. The van der Waals surface area contributed by atoms with Gasteiger partial charge in [0.05, 0.1) is 12.7 Å². The fourth-order valence-electron chi connectivity index (χ4n) is 1.16. The van der Waals surface area contributed by atoms with Gasteiger partial charge in [-0.15, -0.1) is 0 Å². The second-order valence-electron chi connectivity index (χ2n) is 4.04.